The van der Waals surface area contributed by atoms with E-state index in [1.54, 1.807) is 0 Å². The molecule has 0 aromatic carbocycles. The molecule has 7 nitrogen and oxygen atoms in total. The van der Waals surface area contributed by atoms with Gasteiger partial charge in [-0.2, -0.15) is 18.2 Å². The molecule has 0 unspecified atom stereocenters. The molecule has 2 atom stereocenters. The molecule has 10 heteroatoms. The fraction of sp³-hybridized carbons (Fsp3) is 0.778. The Morgan fingerprint density at radius 3 is 2.75 bits per heavy atom. The SMILES string of the molecule is CC(C)OCCN1c2nc(N3CCOC[C@H]3C)cc(=O)n2CC[C@H]1C(F)(F)F. The fourth-order valence-corrected chi connectivity index (χ4v) is 3.66. The van der Waals surface area contributed by atoms with E-state index in [0.717, 1.165) is 0 Å². The lowest BCUT2D eigenvalue weighted by Crippen LogP contribution is -2.54. The normalized spacial score (nSPS) is 23.2. The van der Waals surface area contributed by atoms with E-state index in [4.69, 9.17) is 9.47 Å². The van der Waals surface area contributed by atoms with Crippen LogP contribution in [0.25, 0.3) is 0 Å². The van der Waals surface area contributed by atoms with Gasteiger partial charge in [-0.1, -0.05) is 0 Å². The van der Waals surface area contributed by atoms with Crippen LogP contribution < -0.4 is 15.4 Å². The first-order valence-electron chi connectivity index (χ1n) is 9.59. The van der Waals surface area contributed by atoms with Crippen LogP contribution in [0.2, 0.25) is 0 Å². The predicted molar refractivity (Wildman–Crippen MR) is 99.0 cm³/mol. The van der Waals surface area contributed by atoms with Gasteiger partial charge in [-0.15, -0.1) is 0 Å². The van der Waals surface area contributed by atoms with Crippen LogP contribution in [0.1, 0.15) is 27.2 Å². The molecule has 2 aliphatic rings. The van der Waals surface area contributed by atoms with Crippen LogP contribution in [-0.2, 0) is 16.0 Å². The van der Waals surface area contributed by atoms with Gasteiger partial charge in [0.05, 0.1) is 32.0 Å². The van der Waals surface area contributed by atoms with Crippen molar-refractivity contribution in [1.82, 2.24) is 9.55 Å². The van der Waals surface area contributed by atoms with Crippen LogP contribution in [0.4, 0.5) is 24.9 Å². The summed E-state index contributed by atoms with van der Waals surface area (Å²) in [5.41, 5.74) is -0.339. The predicted octanol–water partition coefficient (Wildman–Crippen LogP) is 2.03. The Kier molecular flexibility index (Phi) is 6.18. The Morgan fingerprint density at radius 2 is 2.11 bits per heavy atom. The molecule has 3 rings (SSSR count). The fourth-order valence-electron chi connectivity index (χ4n) is 3.66. The summed E-state index contributed by atoms with van der Waals surface area (Å²) in [6.07, 6.45) is -4.69. The minimum absolute atomic E-state index is 0.00811. The van der Waals surface area contributed by atoms with E-state index < -0.39 is 12.2 Å². The second-order valence-electron chi connectivity index (χ2n) is 7.48. The number of hydrogen-bond donors (Lipinski definition) is 0. The molecular formula is C18H27F3N4O3. The van der Waals surface area contributed by atoms with Crippen molar-refractivity contribution in [2.75, 3.05) is 42.7 Å². The number of ether oxygens (including phenoxy) is 2. The molecule has 0 spiro atoms. The van der Waals surface area contributed by atoms with Gasteiger partial charge in [-0.05, 0) is 27.2 Å². The van der Waals surface area contributed by atoms with Gasteiger partial charge in [0.1, 0.15) is 11.9 Å². The average molecular weight is 404 g/mol. The van der Waals surface area contributed by atoms with Gasteiger partial charge < -0.3 is 19.3 Å². The summed E-state index contributed by atoms with van der Waals surface area (Å²) in [5, 5.41) is 0. The van der Waals surface area contributed by atoms with Crippen molar-refractivity contribution in [3.8, 4) is 0 Å². The van der Waals surface area contributed by atoms with Crippen molar-refractivity contribution >= 4 is 11.8 Å². The first kappa shape index (κ1) is 20.9. The van der Waals surface area contributed by atoms with Gasteiger partial charge in [-0.3, -0.25) is 9.36 Å². The Labute approximate surface area is 162 Å². The summed E-state index contributed by atoms with van der Waals surface area (Å²) < 4.78 is 53.2. The lowest BCUT2D eigenvalue weighted by Gasteiger charge is -2.40. The molecule has 0 amide bonds. The zero-order valence-corrected chi connectivity index (χ0v) is 16.4. The smallest absolute Gasteiger partial charge is 0.377 e. The molecule has 2 aliphatic heterocycles. The molecule has 0 radical (unpaired) electrons. The largest absolute Gasteiger partial charge is 0.408 e. The quantitative estimate of drug-likeness (QED) is 0.749. The molecule has 1 saturated heterocycles. The summed E-state index contributed by atoms with van der Waals surface area (Å²) in [4.78, 5) is 20.2. The van der Waals surface area contributed by atoms with Gasteiger partial charge in [0.15, 0.2) is 0 Å². The number of nitrogens with zero attached hydrogens (tertiary/aromatic N) is 4. The molecule has 1 aromatic heterocycles. The monoisotopic (exact) mass is 404 g/mol. The third-order valence-corrected chi connectivity index (χ3v) is 5.06. The molecule has 158 valence electrons. The number of morpholine rings is 1. The van der Waals surface area contributed by atoms with Crippen LogP contribution in [-0.4, -0.2) is 66.8 Å². The van der Waals surface area contributed by atoms with Gasteiger partial charge >= 0.3 is 6.18 Å². The molecule has 1 fully saturated rings. The van der Waals surface area contributed by atoms with Gasteiger partial charge in [0.2, 0.25) is 5.95 Å². The van der Waals surface area contributed by atoms with E-state index >= 15 is 0 Å². The van der Waals surface area contributed by atoms with Crippen molar-refractivity contribution in [2.45, 2.75) is 58.1 Å². The molecule has 1 aromatic rings. The van der Waals surface area contributed by atoms with Crippen molar-refractivity contribution in [2.24, 2.45) is 0 Å². The first-order valence-corrected chi connectivity index (χ1v) is 9.59. The van der Waals surface area contributed by atoms with Gasteiger partial charge in [-0.25, -0.2) is 0 Å². The average Bonchev–Trinajstić information content (AvgIpc) is 2.61. The lowest BCUT2D eigenvalue weighted by atomic mass is 10.1. The minimum atomic E-state index is -4.41. The number of aromatic nitrogens is 2. The van der Waals surface area contributed by atoms with Crippen molar-refractivity contribution in [1.29, 1.82) is 0 Å². The van der Waals surface area contributed by atoms with Crippen LogP contribution >= 0.6 is 0 Å². The highest BCUT2D eigenvalue weighted by molar-refractivity contribution is 5.47. The summed E-state index contributed by atoms with van der Waals surface area (Å²) in [5.74, 6) is 0.451. The van der Waals surface area contributed by atoms with Crippen molar-refractivity contribution in [3.05, 3.63) is 16.4 Å². The number of fused-ring (bicyclic) bond motifs is 1. The van der Waals surface area contributed by atoms with Crippen molar-refractivity contribution in [3.63, 3.8) is 0 Å². The third-order valence-electron chi connectivity index (χ3n) is 5.06. The Bertz CT molecular complexity index is 738. The minimum Gasteiger partial charge on any atom is -0.377 e. The second kappa shape index (κ2) is 8.28. The van der Waals surface area contributed by atoms with E-state index in [1.807, 2.05) is 25.7 Å². The van der Waals surface area contributed by atoms with E-state index in [9.17, 15) is 18.0 Å². The maximum absolute atomic E-state index is 13.7. The summed E-state index contributed by atoms with van der Waals surface area (Å²) in [6.45, 7) is 7.22. The van der Waals surface area contributed by atoms with Gasteiger partial charge in [0.25, 0.3) is 5.56 Å². The molecular weight excluding hydrogens is 377 g/mol. The number of rotatable bonds is 5. The van der Waals surface area contributed by atoms with E-state index in [1.165, 1.54) is 15.5 Å². The van der Waals surface area contributed by atoms with E-state index in [-0.39, 0.29) is 49.8 Å². The number of halogens is 3. The highest BCUT2D eigenvalue weighted by Crippen LogP contribution is 2.34. The first-order chi connectivity index (χ1) is 13.2. The van der Waals surface area contributed by atoms with Crippen LogP contribution in [0, 0.1) is 0 Å². The van der Waals surface area contributed by atoms with E-state index in [2.05, 4.69) is 4.98 Å². The van der Waals surface area contributed by atoms with Crippen molar-refractivity contribution < 1.29 is 22.6 Å². The van der Waals surface area contributed by atoms with E-state index in [0.29, 0.717) is 25.6 Å². The summed E-state index contributed by atoms with van der Waals surface area (Å²) >= 11 is 0. The van der Waals surface area contributed by atoms with Crippen LogP contribution in [0.5, 0.6) is 0 Å². The Balaban J connectivity index is 1.98. The highest BCUT2D eigenvalue weighted by atomic mass is 19.4. The molecule has 3 heterocycles. The maximum atomic E-state index is 13.7. The van der Waals surface area contributed by atoms with Gasteiger partial charge in [0, 0.05) is 25.7 Å². The Hall–Kier alpha value is -1.81. The standard InChI is InChI=1S/C18H27F3N4O3/c1-12(2)28-9-7-24-14(18(19,20)21)4-5-25-16(26)10-15(22-17(24)25)23-6-8-27-11-13(23)3/h10,12-14H,4-9,11H2,1-3H3/t13-,14+/m1/s1. The third kappa shape index (κ3) is 4.43. The number of anilines is 2. The number of alkyl halides is 3. The maximum Gasteiger partial charge on any atom is 0.408 e. The molecule has 28 heavy (non-hydrogen) atoms. The Morgan fingerprint density at radius 1 is 1.36 bits per heavy atom. The highest BCUT2D eigenvalue weighted by Gasteiger charge is 2.46. The zero-order valence-electron chi connectivity index (χ0n) is 16.4. The molecule has 0 bridgehead atoms. The number of hydrogen-bond acceptors (Lipinski definition) is 6. The molecule has 0 aliphatic carbocycles. The zero-order chi connectivity index (χ0) is 20.5. The van der Waals surface area contributed by atoms with Crippen LogP contribution in [0.15, 0.2) is 10.9 Å². The van der Waals surface area contributed by atoms with Crippen LogP contribution in [0.3, 0.4) is 0 Å². The lowest BCUT2D eigenvalue weighted by molar-refractivity contribution is -0.153. The molecule has 0 saturated carbocycles. The topological polar surface area (TPSA) is 59.8 Å². The summed E-state index contributed by atoms with van der Waals surface area (Å²) in [6, 6.07) is -0.293. The second-order valence-corrected chi connectivity index (χ2v) is 7.48. The summed E-state index contributed by atoms with van der Waals surface area (Å²) in [7, 11) is 0. The molecule has 0 N–H and O–H groups in total.